The van der Waals surface area contributed by atoms with E-state index in [1.165, 1.54) is 18.2 Å². The van der Waals surface area contributed by atoms with Gasteiger partial charge in [-0.1, -0.05) is 6.07 Å². The molecule has 0 aromatic heterocycles. The molecule has 72 valence electrons. The average molecular weight is 210 g/mol. The van der Waals surface area contributed by atoms with E-state index in [0.717, 1.165) is 6.34 Å². The second kappa shape index (κ2) is 2.91. The SMILES string of the molecule is O=Cc1ccc2c(c1)N=CNS2(=O)=O. The summed E-state index contributed by atoms with van der Waals surface area (Å²) < 4.78 is 24.9. The lowest BCUT2D eigenvalue weighted by atomic mass is 10.2. The van der Waals surface area contributed by atoms with Crippen LogP contribution in [0.1, 0.15) is 10.4 Å². The third-order valence-corrected chi connectivity index (χ3v) is 3.16. The Kier molecular flexibility index (Phi) is 1.85. The van der Waals surface area contributed by atoms with Crippen LogP contribution in [0.2, 0.25) is 0 Å². The molecular weight excluding hydrogens is 204 g/mol. The molecule has 0 fully saturated rings. The highest BCUT2D eigenvalue weighted by atomic mass is 32.2. The molecule has 1 aliphatic rings. The third-order valence-electron chi connectivity index (χ3n) is 1.82. The topological polar surface area (TPSA) is 75.6 Å². The monoisotopic (exact) mass is 210 g/mol. The fourth-order valence-electron chi connectivity index (χ4n) is 1.16. The van der Waals surface area contributed by atoms with Crippen LogP contribution in [0.25, 0.3) is 0 Å². The number of nitrogens with zero attached hydrogens (tertiary/aromatic N) is 1. The van der Waals surface area contributed by atoms with Gasteiger partial charge < -0.3 is 0 Å². The van der Waals surface area contributed by atoms with Gasteiger partial charge >= 0.3 is 0 Å². The quantitative estimate of drug-likeness (QED) is 0.684. The van der Waals surface area contributed by atoms with Gasteiger partial charge in [0.25, 0.3) is 10.0 Å². The van der Waals surface area contributed by atoms with Gasteiger partial charge in [0.2, 0.25) is 0 Å². The fourth-order valence-corrected chi connectivity index (χ4v) is 2.12. The molecule has 0 spiro atoms. The molecule has 5 nitrogen and oxygen atoms in total. The molecule has 0 amide bonds. The van der Waals surface area contributed by atoms with Gasteiger partial charge in [-0.3, -0.25) is 9.52 Å². The zero-order valence-electron chi connectivity index (χ0n) is 6.97. The molecule has 0 atom stereocenters. The lowest BCUT2D eigenvalue weighted by Gasteiger charge is -2.11. The van der Waals surface area contributed by atoms with Gasteiger partial charge in [0, 0.05) is 5.56 Å². The summed E-state index contributed by atoms with van der Waals surface area (Å²) >= 11 is 0. The predicted molar refractivity (Wildman–Crippen MR) is 50.3 cm³/mol. The van der Waals surface area contributed by atoms with E-state index in [4.69, 9.17) is 0 Å². The van der Waals surface area contributed by atoms with Gasteiger partial charge in [0.15, 0.2) is 0 Å². The van der Waals surface area contributed by atoms with Crippen molar-refractivity contribution in [3.8, 4) is 0 Å². The van der Waals surface area contributed by atoms with E-state index < -0.39 is 10.0 Å². The molecule has 0 radical (unpaired) electrons. The van der Waals surface area contributed by atoms with Gasteiger partial charge in [-0.2, -0.15) is 0 Å². The summed E-state index contributed by atoms with van der Waals surface area (Å²) in [5.74, 6) is 0. The number of aliphatic imine (C=N–C) groups is 1. The molecular formula is C8H6N2O3S. The van der Waals surface area contributed by atoms with Gasteiger partial charge in [-0.05, 0) is 12.1 Å². The third kappa shape index (κ3) is 1.29. The van der Waals surface area contributed by atoms with Crippen LogP contribution < -0.4 is 4.72 Å². The highest BCUT2D eigenvalue weighted by Gasteiger charge is 2.20. The molecule has 0 aliphatic carbocycles. The van der Waals surface area contributed by atoms with Crippen molar-refractivity contribution in [3.63, 3.8) is 0 Å². The summed E-state index contributed by atoms with van der Waals surface area (Å²) in [5.41, 5.74) is 0.686. The van der Waals surface area contributed by atoms with Crippen LogP contribution in [0.5, 0.6) is 0 Å². The average Bonchev–Trinajstić information content (AvgIpc) is 2.16. The Morgan fingerprint density at radius 1 is 1.36 bits per heavy atom. The van der Waals surface area contributed by atoms with E-state index in [2.05, 4.69) is 9.71 Å². The van der Waals surface area contributed by atoms with Gasteiger partial charge in [-0.15, -0.1) is 0 Å². The fraction of sp³-hybridized carbons (Fsp3) is 0. The Morgan fingerprint density at radius 2 is 2.14 bits per heavy atom. The van der Waals surface area contributed by atoms with Crippen molar-refractivity contribution in [1.29, 1.82) is 0 Å². The number of nitrogens with one attached hydrogen (secondary N) is 1. The number of hydrogen-bond acceptors (Lipinski definition) is 4. The first-order valence-electron chi connectivity index (χ1n) is 3.77. The van der Waals surface area contributed by atoms with E-state index in [1.807, 2.05) is 0 Å². The van der Waals surface area contributed by atoms with Crippen LogP contribution in [0.3, 0.4) is 0 Å². The molecule has 6 heteroatoms. The van der Waals surface area contributed by atoms with E-state index in [9.17, 15) is 13.2 Å². The van der Waals surface area contributed by atoms with Crippen molar-refractivity contribution < 1.29 is 13.2 Å². The van der Waals surface area contributed by atoms with Crippen molar-refractivity contribution in [2.24, 2.45) is 4.99 Å². The smallest absolute Gasteiger partial charge is 0.264 e. The maximum Gasteiger partial charge on any atom is 0.264 e. The molecule has 1 N–H and O–H groups in total. The minimum atomic E-state index is -3.48. The minimum Gasteiger partial charge on any atom is -0.298 e. The van der Waals surface area contributed by atoms with Crippen LogP contribution in [-0.2, 0) is 10.0 Å². The van der Waals surface area contributed by atoms with Gasteiger partial charge in [0.05, 0.1) is 5.69 Å². The summed E-state index contributed by atoms with van der Waals surface area (Å²) in [6.07, 6.45) is 1.73. The van der Waals surface area contributed by atoms with Crippen molar-refractivity contribution in [1.82, 2.24) is 4.72 Å². The van der Waals surface area contributed by atoms with Crippen molar-refractivity contribution in [2.75, 3.05) is 0 Å². The van der Waals surface area contributed by atoms with Crippen molar-refractivity contribution in [2.45, 2.75) is 4.90 Å². The van der Waals surface area contributed by atoms with Crippen LogP contribution >= 0.6 is 0 Å². The van der Waals surface area contributed by atoms with E-state index in [0.29, 0.717) is 11.8 Å². The minimum absolute atomic E-state index is 0.0885. The first-order chi connectivity index (χ1) is 6.63. The summed E-state index contributed by atoms with van der Waals surface area (Å²) in [7, 11) is -3.48. The lowest BCUT2D eigenvalue weighted by molar-refractivity contribution is 0.112. The Morgan fingerprint density at radius 3 is 2.86 bits per heavy atom. The van der Waals surface area contributed by atoms with Gasteiger partial charge in [-0.25, -0.2) is 13.4 Å². The number of hydrogen-bond donors (Lipinski definition) is 1. The second-order valence-corrected chi connectivity index (χ2v) is 4.41. The Labute approximate surface area is 80.5 Å². The molecule has 14 heavy (non-hydrogen) atoms. The molecule has 0 unspecified atom stereocenters. The number of carbonyl (C=O) groups excluding carboxylic acids is 1. The number of carbonyl (C=O) groups is 1. The Balaban J connectivity index is 2.71. The second-order valence-electron chi connectivity index (χ2n) is 2.72. The molecule has 0 saturated carbocycles. The maximum atomic E-state index is 11.4. The zero-order chi connectivity index (χ0) is 10.2. The summed E-state index contributed by atoms with van der Waals surface area (Å²) in [6, 6.07) is 4.22. The normalized spacial score (nSPS) is 16.9. The highest BCUT2D eigenvalue weighted by Crippen LogP contribution is 2.26. The van der Waals surface area contributed by atoms with Crippen LogP contribution in [-0.4, -0.2) is 21.0 Å². The maximum absolute atomic E-state index is 11.4. The molecule has 1 aromatic rings. The number of aldehydes is 1. The molecule has 1 heterocycles. The first-order valence-corrected chi connectivity index (χ1v) is 5.26. The first kappa shape index (κ1) is 8.89. The van der Waals surface area contributed by atoms with Crippen LogP contribution in [0.15, 0.2) is 28.1 Å². The summed E-state index contributed by atoms with van der Waals surface area (Å²) in [5, 5.41) is 0. The van der Waals surface area contributed by atoms with E-state index in [1.54, 1.807) is 0 Å². The predicted octanol–water partition coefficient (Wildman–Crippen LogP) is 0.451. The molecule has 2 rings (SSSR count). The standard InChI is InChI=1S/C8H6N2O3S/c11-4-6-1-2-8-7(3-6)9-5-10-14(8,12)13/h1-5H,(H,9,10). The highest BCUT2D eigenvalue weighted by molar-refractivity contribution is 7.90. The summed E-state index contributed by atoms with van der Waals surface area (Å²) in [6.45, 7) is 0. The molecule has 0 saturated heterocycles. The van der Waals surface area contributed by atoms with Crippen molar-refractivity contribution in [3.05, 3.63) is 23.8 Å². The van der Waals surface area contributed by atoms with Gasteiger partial charge in [0.1, 0.15) is 17.5 Å². The van der Waals surface area contributed by atoms with Crippen LogP contribution in [0, 0.1) is 0 Å². The largest absolute Gasteiger partial charge is 0.298 e. The molecule has 1 aromatic carbocycles. The number of fused-ring (bicyclic) bond motifs is 1. The van der Waals surface area contributed by atoms with E-state index in [-0.39, 0.29) is 10.6 Å². The number of benzene rings is 1. The Hall–Kier alpha value is -1.69. The van der Waals surface area contributed by atoms with Crippen molar-refractivity contribution >= 4 is 28.3 Å². The van der Waals surface area contributed by atoms with Crippen LogP contribution in [0.4, 0.5) is 5.69 Å². The zero-order valence-corrected chi connectivity index (χ0v) is 7.78. The molecule has 1 aliphatic heterocycles. The number of rotatable bonds is 1. The number of sulfonamides is 1. The Bertz CT molecular complexity index is 519. The summed E-state index contributed by atoms with van der Waals surface area (Å²) in [4.78, 5) is 14.3. The van der Waals surface area contributed by atoms with E-state index >= 15 is 0 Å². The molecule has 0 bridgehead atoms. The lowest BCUT2D eigenvalue weighted by Crippen LogP contribution is -2.24.